The van der Waals surface area contributed by atoms with E-state index < -0.39 is 18.6 Å². The molecule has 0 saturated heterocycles. The maximum absolute atomic E-state index is 13.0. The third-order valence-corrected chi connectivity index (χ3v) is 2.63. The summed E-state index contributed by atoms with van der Waals surface area (Å²) in [5.41, 5.74) is 6.34. The molecule has 0 saturated carbocycles. The summed E-state index contributed by atoms with van der Waals surface area (Å²) in [4.78, 5) is 0. The zero-order valence-corrected chi connectivity index (χ0v) is 8.93. The van der Waals surface area contributed by atoms with Gasteiger partial charge >= 0.3 is 0 Å². The minimum Gasteiger partial charge on any atom is -0.390 e. The molecule has 0 aliphatic heterocycles. The number of benzene rings is 1. The standard InChI is InChI=1S/C10H12ClF2NO/c1-6-2-3-7(4-8(6)11)9(14)10(12,13)5-15/h2-4,9,15H,5,14H2,1H3/t9-/m1/s1. The number of rotatable bonds is 3. The molecule has 0 amide bonds. The average Bonchev–Trinajstić information content (AvgIpc) is 2.21. The first-order valence-corrected chi connectivity index (χ1v) is 4.76. The second kappa shape index (κ2) is 4.43. The molecule has 1 aromatic carbocycles. The summed E-state index contributed by atoms with van der Waals surface area (Å²) in [6.07, 6.45) is 0. The van der Waals surface area contributed by atoms with Crippen LogP contribution in [0.25, 0.3) is 0 Å². The van der Waals surface area contributed by atoms with Gasteiger partial charge < -0.3 is 10.8 Å². The van der Waals surface area contributed by atoms with Crippen LogP contribution in [-0.2, 0) is 0 Å². The smallest absolute Gasteiger partial charge is 0.289 e. The van der Waals surface area contributed by atoms with Gasteiger partial charge in [0.25, 0.3) is 5.92 Å². The topological polar surface area (TPSA) is 46.2 Å². The van der Waals surface area contributed by atoms with E-state index in [-0.39, 0.29) is 5.56 Å². The van der Waals surface area contributed by atoms with Crippen LogP contribution in [0.1, 0.15) is 17.2 Å². The molecule has 2 nitrogen and oxygen atoms in total. The van der Waals surface area contributed by atoms with Gasteiger partial charge in [-0.1, -0.05) is 23.7 Å². The van der Waals surface area contributed by atoms with Crippen LogP contribution < -0.4 is 5.73 Å². The summed E-state index contributed by atoms with van der Waals surface area (Å²) in [7, 11) is 0. The molecule has 5 heteroatoms. The molecule has 0 heterocycles. The minimum absolute atomic E-state index is 0.213. The van der Waals surface area contributed by atoms with Crippen molar-refractivity contribution in [1.29, 1.82) is 0 Å². The number of hydrogen-bond acceptors (Lipinski definition) is 2. The van der Waals surface area contributed by atoms with Crippen LogP contribution in [-0.4, -0.2) is 17.6 Å². The lowest BCUT2D eigenvalue weighted by molar-refractivity contribution is -0.0711. The molecule has 0 aromatic heterocycles. The minimum atomic E-state index is -3.33. The van der Waals surface area contributed by atoms with Gasteiger partial charge in [-0.25, -0.2) is 8.78 Å². The van der Waals surface area contributed by atoms with E-state index in [1.807, 2.05) is 0 Å². The molecule has 1 aromatic rings. The molecule has 0 spiro atoms. The molecule has 1 atom stereocenters. The van der Waals surface area contributed by atoms with E-state index in [0.29, 0.717) is 5.02 Å². The molecule has 84 valence electrons. The summed E-state index contributed by atoms with van der Waals surface area (Å²) >= 11 is 5.79. The summed E-state index contributed by atoms with van der Waals surface area (Å²) in [6, 6.07) is 2.95. The first-order valence-electron chi connectivity index (χ1n) is 4.39. The summed E-state index contributed by atoms with van der Waals surface area (Å²) < 4.78 is 26.1. The Bertz CT molecular complexity index is 357. The normalized spacial score (nSPS) is 14.0. The maximum atomic E-state index is 13.0. The number of aliphatic hydroxyl groups excluding tert-OH is 1. The Morgan fingerprint density at radius 1 is 1.53 bits per heavy atom. The number of hydrogen-bond donors (Lipinski definition) is 2. The van der Waals surface area contributed by atoms with Gasteiger partial charge in [0.05, 0.1) is 6.04 Å². The SMILES string of the molecule is Cc1ccc([C@@H](N)C(F)(F)CO)cc1Cl. The predicted octanol–water partition coefficient (Wildman–Crippen LogP) is 2.28. The van der Waals surface area contributed by atoms with Gasteiger partial charge in [0.2, 0.25) is 0 Å². The predicted molar refractivity (Wildman–Crippen MR) is 55.2 cm³/mol. The molecule has 15 heavy (non-hydrogen) atoms. The van der Waals surface area contributed by atoms with E-state index in [4.69, 9.17) is 22.4 Å². The largest absolute Gasteiger partial charge is 0.390 e. The lowest BCUT2D eigenvalue weighted by atomic mass is 10.0. The fourth-order valence-corrected chi connectivity index (χ4v) is 1.33. The lowest BCUT2D eigenvalue weighted by Gasteiger charge is -2.22. The monoisotopic (exact) mass is 235 g/mol. The van der Waals surface area contributed by atoms with Crippen molar-refractivity contribution in [3.8, 4) is 0 Å². The Labute approximate surface area is 91.7 Å². The van der Waals surface area contributed by atoms with Gasteiger partial charge in [0.1, 0.15) is 6.61 Å². The van der Waals surface area contributed by atoms with E-state index in [1.165, 1.54) is 12.1 Å². The van der Waals surface area contributed by atoms with Crippen LogP contribution in [0.2, 0.25) is 5.02 Å². The molecule has 1 rings (SSSR count). The van der Waals surface area contributed by atoms with Gasteiger partial charge in [0.15, 0.2) is 0 Å². The molecule has 0 aliphatic carbocycles. The van der Waals surface area contributed by atoms with E-state index in [9.17, 15) is 8.78 Å². The highest BCUT2D eigenvalue weighted by molar-refractivity contribution is 6.31. The Balaban J connectivity index is 3.02. The van der Waals surface area contributed by atoms with E-state index >= 15 is 0 Å². The summed E-state index contributed by atoms with van der Waals surface area (Å²) in [6.45, 7) is 0.488. The number of aliphatic hydroxyl groups is 1. The Kier molecular flexibility index (Phi) is 3.65. The van der Waals surface area contributed by atoms with Crippen LogP contribution in [0.5, 0.6) is 0 Å². The van der Waals surface area contributed by atoms with Crippen molar-refractivity contribution in [1.82, 2.24) is 0 Å². The first-order chi connectivity index (χ1) is 6.88. The molecule has 0 aliphatic rings. The van der Waals surface area contributed by atoms with Crippen LogP contribution in [0.4, 0.5) is 8.78 Å². The Morgan fingerprint density at radius 3 is 2.60 bits per heavy atom. The highest BCUT2D eigenvalue weighted by atomic mass is 35.5. The van der Waals surface area contributed by atoms with Crippen molar-refractivity contribution in [3.05, 3.63) is 34.3 Å². The van der Waals surface area contributed by atoms with Crippen molar-refractivity contribution in [2.24, 2.45) is 5.73 Å². The fourth-order valence-electron chi connectivity index (χ4n) is 1.14. The van der Waals surface area contributed by atoms with Crippen LogP contribution in [0, 0.1) is 6.92 Å². The van der Waals surface area contributed by atoms with Crippen LogP contribution >= 0.6 is 11.6 Å². The van der Waals surface area contributed by atoms with E-state index in [2.05, 4.69) is 0 Å². The van der Waals surface area contributed by atoms with Gasteiger partial charge in [-0.15, -0.1) is 0 Å². The fraction of sp³-hybridized carbons (Fsp3) is 0.400. The van der Waals surface area contributed by atoms with Crippen molar-refractivity contribution >= 4 is 11.6 Å². The molecular formula is C10H12ClF2NO. The van der Waals surface area contributed by atoms with Crippen molar-refractivity contribution < 1.29 is 13.9 Å². The van der Waals surface area contributed by atoms with E-state index in [0.717, 1.165) is 5.56 Å². The van der Waals surface area contributed by atoms with Crippen molar-refractivity contribution in [3.63, 3.8) is 0 Å². The molecule has 0 unspecified atom stereocenters. The summed E-state index contributed by atoms with van der Waals surface area (Å²) in [5, 5.41) is 8.87. The number of halogens is 3. The second-order valence-corrected chi connectivity index (χ2v) is 3.81. The second-order valence-electron chi connectivity index (χ2n) is 3.41. The van der Waals surface area contributed by atoms with Gasteiger partial charge in [-0.3, -0.25) is 0 Å². The highest BCUT2D eigenvalue weighted by Gasteiger charge is 2.37. The highest BCUT2D eigenvalue weighted by Crippen LogP contribution is 2.30. The van der Waals surface area contributed by atoms with E-state index in [1.54, 1.807) is 13.0 Å². The molecule has 3 N–H and O–H groups in total. The van der Waals surface area contributed by atoms with Crippen LogP contribution in [0.15, 0.2) is 18.2 Å². The summed E-state index contributed by atoms with van der Waals surface area (Å²) in [5.74, 6) is -3.33. The molecule has 0 bridgehead atoms. The number of nitrogens with two attached hydrogens (primary N) is 1. The molecule has 0 fully saturated rings. The lowest BCUT2D eigenvalue weighted by Crippen LogP contribution is -2.36. The van der Waals surface area contributed by atoms with Gasteiger partial charge in [-0.2, -0.15) is 0 Å². The van der Waals surface area contributed by atoms with Gasteiger partial charge in [0, 0.05) is 5.02 Å². The van der Waals surface area contributed by atoms with Gasteiger partial charge in [-0.05, 0) is 24.1 Å². The zero-order chi connectivity index (χ0) is 11.6. The average molecular weight is 236 g/mol. The third kappa shape index (κ3) is 2.65. The number of aryl methyl sites for hydroxylation is 1. The molecular weight excluding hydrogens is 224 g/mol. The Hall–Kier alpha value is -0.710. The van der Waals surface area contributed by atoms with Crippen molar-refractivity contribution in [2.75, 3.05) is 6.61 Å². The third-order valence-electron chi connectivity index (χ3n) is 2.22. The molecule has 0 radical (unpaired) electrons. The zero-order valence-electron chi connectivity index (χ0n) is 8.17. The van der Waals surface area contributed by atoms with Crippen LogP contribution in [0.3, 0.4) is 0 Å². The first kappa shape index (κ1) is 12.4. The van der Waals surface area contributed by atoms with Crippen molar-refractivity contribution in [2.45, 2.75) is 18.9 Å². The quantitative estimate of drug-likeness (QED) is 0.844. The number of alkyl halides is 2. The Morgan fingerprint density at radius 2 is 2.13 bits per heavy atom. The maximum Gasteiger partial charge on any atom is 0.289 e.